The van der Waals surface area contributed by atoms with Gasteiger partial charge in [0.25, 0.3) is 0 Å². The maximum atomic E-state index is 13.7. The van der Waals surface area contributed by atoms with Gasteiger partial charge in [-0.1, -0.05) is 13.0 Å². The van der Waals surface area contributed by atoms with Crippen molar-refractivity contribution < 1.29 is 8.81 Å². The number of nitrogens with two attached hydrogens (primary N) is 1. The number of halogens is 2. The molecule has 1 aromatic carbocycles. The molecule has 1 aromatic heterocycles. The normalized spacial score (nSPS) is 12.8. The van der Waals surface area contributed by atoms with E-state index in [0.29, 0.717) is 17.6 Å². The summed E-state index contributed by atoms with van der Waals surface area (Å²) in [6.45, 7) is 3.94. The van der Waals surface area contributed by atoms with Crippen LogP contribution in [0.5, 0.6) is 0 Å². The molecule has 0 saturated heterocycles. The fraction of sp³-hybridized carbons (Fsp3) is 0.333. The molecule has 20 heavy (non-hydrogen) atoms. The first-order valence-electron chi connectivity index (χ1n) is 6.57. The number of rotatable bonds is 6. The number of benzene rings is 1. The Kier molecular flexibility index (Phi) is 5.34. The SMILES string of the molecule is CCN(Cc1ccco1)C(CN)c1ccc(Br)c(F)c1. The molecule has 2 aromatic rings. The summed E-state index contributed by atoms with van der Waals surface area (Å²) in [5, 5.41) is 0. The molecule has 0 saturated carbocycles. The van der Waals surface area contributed by atoms with E-state index in [2.05, 4.69) is 27.8 Å². The molecule has 3 nitrogen and oxygen atoms in total. The van der Waals surface area contributed by atoms with Crippen LogP contribution in [0.1, 0.15) is 24.3 Å². The molecule has 0 radical (unpaired) electrons. The zero-order chi connectivity index (χ0) is 14.5. The van der Waals surface area contributed by atoms with Gasteiger partial charge in [-0.05, 0) is 52.3 Å². The second-order valence-corrected chi connectivity index (χ2v) is 5.42. The molecule has 5 heteroatoms. The molecule has 108 valence electrons. The summed E-state index contributed by atoms with van der Waals surface area (Å²) in [5.74, 6) is 0.609. The van der Waals surface area contributed by atoms with Crippen LogP contribution >= 0.6 is 15.9 Å². The highest BCUT2D eigenvalue weighted by Gasteiger charge is 2.19. The van der Waals surface area contributed by atoms with Gasteiger partial charge in [0.1, 0.15) is 11.6 Å². The molecule has 2 rings (SSSR count). The van der Waals surface area contributed by atoms with Crippen LogP contribution in [-0.4, -0.2) is 18.0 Å². The Hall–Kier alpha value is -1.17. The molecule has 2 N–H and O–H groups in total. The second-order valence-electron chi connectivity index (χ2n) is 4.57. The van der Waals surface area contributed by atoms with E-state index in [1.807, 2.05) is 18.2 Å². The van der Waals surface area contributed by atoms with Crippen LogP contribution in [0.2, 0.25) is 0 Å². The van der Waals surface area contributed by atoms with Crippen molar-refractivity contribution in [3.63, 3.8) is 0 Å². The lowest BCUT2D eigenvalue weighted by Gasteiger charge is -2.29. The molecule has 1 unspecified atom stereocenters. The van der Waals surface area contributed by atoms with Gasteiger partial charge in [0.15, 0.2) is 0 Å². The summed E-state index contributed by atoms with van der Waals surface area (Å²) in [4.78, 5) is 2.17. The van der Waals surface area contributed by atoms with Gasteiger partial charge < -0.3 is 10.2 Å². The summed E-state index contributed by atoms with van der Waals surface area (Å²) in [7, 11) is 0. The molecule has 0 fully saturated rings. The van der Waals surface area contributed by atoms with Crippen molar-refractivity contribution in [2.45, 2.75) is 19.5 Å². The van der Waals surface area contributed by atoms with Crippen molar-refractivity contribution in [1.82, 2.24) is 4.90 Å². The van der Waals surface area contributed by atoms with Crippen LogP contribution < -0.4 is 5.73 Å². The van der Waals surface area contributed by atoms with Gasteiger partial charge in [0.05, 0.1) is 17.3 Å². The summed E-state index contributed by atoms with van der Waals surface area (Å²) >= 11 is 3.17. The first-order chi connectivity index (χ1) is 9.65. The molecular formula is C15H18BrFN2O. The van der Waals surface area contributed by atoms with Crippen LogP contribution in [0.15, 0.2) is 45.5 Å². The third-order valence-corrected chi connectivity index (χ3v) is 3.98. The van der Waals surface area contributed by atoms with Gasteiger partial charge in [-0.3, -0.25) is 4.90 Å². The molecule has 0 aliphatic heterocycles. The Labute approximate surface area is 126 Å². The minimum atomic E-state index is -0.269. The van der Waals surface area contributed by atoms with Crippen LogP contribution in [0.25, 0.3) is 0 Å². The highest BCUT2D eigenvalue weighted by atomic mass is 79.9. The standard InChI is InChI=1S/C15H18BrFN2O/c1-2-19(10-12-4-3-7-20-12)15(9-18)11-5-6-13(16)14(17)8-11/h3-8,15H,2,9-10,18H2,1H3. The first-order valence-corrected chi connectivity index (χ1v) is 7.36. The summed E-state index contributed by atoms with van der Waals surface area (Å²) in [6, 6.07) is 8.90. The Morgan fingerprint density at radius 2 is 2.20 bits per heavy atom. The number of likely N-dealkylation sites (N-methyl/N-ethyl adjacent to an activating group) is 1. The Morgan fingerprint density at radius 1 is 1.40 bits per heavy atom. The molecule has 0 bridgehead atoms. The minimum Gasteiger partial charge on any atom is -0.468 e. The van der Waals surface area contributed by atoms with Crippen LogP contribution in [0.4, 0.5) is 4.39 Å². The maximum Gasteiger partial charge on any atom is 0.137 e. The molecule has 1 heterocycles. The molecule has 1 atom stereocenters. The quantitative estimate of drug-likeness (QED) is 0.871. The summed E-state index contributed by atoms with van der Waals surface area (Å²) in [6.07, 6.45) is 1.65. The smallest absolute Gasteiger partial charge is 0.137 e. The van der Waals surface area contributed by atoms with E-state index in [1.165, 1.54) is 6.07 Å². The van der Waals surface area contributed by atoms with E-state index in [0.717, 1.165) is 17.9 Å². The van der Waals surface area contributed by atoms with E-state index in [4.69, 9.17) is 10.2 Å². The van der Waals surface area contributed by atoms with Crippen molar-refractivity contribution in [3.05, 3.63) is 58.2 Å². The molecular weight excluding hydrogens is 323 g/mol. The van der Waals surface area contributed by atoms with Gasteiger partial charge in [0, 0.05) is 12.6 Å². The fourth-order valence-electron chi connectivity index (χ4n) is 2.26. The van der Waals surface area contributed by atoms with Crippen molar-refractivity contribution in [2.75, 3.05) is 13.1 Å². The Morgan fingerprint density at radius 3 is 2.75 bits per heavy atom. The maximum absolute atomic E-state index is 13.7. The van der Waals surface area contributed by atoms with Crippen molar-refractivity contribution >= 4 is 15.9 Å². The lowest BCUT2D eigenvalue weighted by atomic mass is 10.0. The summed E-state index contributed by atoms with van der Waals surface area (Å²) in [5.41, 5.74) is 6.77. The second kappa shape index (κ2) is 7.02. The topological polar surface area (TPSA) is 42.4 Å². The minimum absolute atomic E-state index is 0.0345. The zero-order valence-electron chi connectivity index (χ0n) is 11.4. The lowest BCUT2D eigenvalue weighted by Crippen LogP contribution is -2.33. The van der Waals surface area contributed by atoms with Gasteiger partial charge in [0.2, 0.25) is 0 Å². The third kappa shape index (κ3) is 3.48. The molecule has 0 spiro atoms. The number of hydrogen-bond donors (Lipinski definition) is 1. The Bertz CT molecular complexity index is 545. The Balaban J connectivity index is 2.21. The lowest BCUT2D eigenvalue weighted by molar-refractivity contribution is 0.187. The van der Waals surface area contributed by atoms with Crippen molar-refractivity contribution in [3.8, 4) is 0 Å². The molecule has 0 aliphatic carbocycles. The highest BCUT2D eigenvalue weighted by molar-refractivity contribution is 9.10. The predicted octanol–water partition coefficient (Wildman–Crippen LogP) is 3.70. The number of nitrogens with zero attached hydrogens (tertiary/aromatic N) is 1. The van der Waals surface area contributed by atoms with Crippen molar-refractivity contribution in [2.24, 2.45) is 5.73 Å². The first kappa shape index (κ1) is 15.2. The monoisotopic (exact) mass is 340 g/mol. The highest BCUT2D eigenvalue weighted by Crippen LogP contribution is 2.25. The fourth-order valence-corrected chi connectivity index (χ4v) is 2.51. The van der Waals surface area contributed by atoms with E-state index in [-0.39, 0.29) is 11.9 Å². The largest absolute Gasteiger partial charge is 0.468 e. The predicted molar refractivity (Wildman–Crippen MR) is 80.7 cm³/mol. The average Bonchev–Trinajstić information content (AvgIpc) is 2.95. The molecule has 0 aliphatic rings. The van der Waals surface area contributed by atoms with E-state index < -0.39 is 0 Å². The van der Waals surface area contributed by atoms with Gasteiger partial charge in [-0.25, -0.2) is 4.39 Å². The van der Waals surface area contributed by atoms with Crippen molar-refractivity contribution in [1.29, 1.82) is 0 Å². The third-order valence-electron chi connectivity index (χ3n) is 3.34. The van der Waals surface area contributed by atoms with E-state index in [9.17, 15) is 4.39 Å². The van der Waals surface area contributed by atoms with Crippen LogP contribution in [0, 0.1) is 5.82 Å². The zero-order valence-corrected chi connectivity index (χ0v) is 12.9. The van der Waals surface area contributed by atoms with E-state index >= 15 is 0 Å². The molecule has 0 amide bonds. The van der Waals surface area contributed by atoms with Crippen LogP contribution in [0.3, 0.4) is 0 Å². The average molecular weight is 341 g/mol. The number of furan rings is 1. The number of hydrogen-bond acceptors (Lipinski definition) is 3. The van der Waals surface area contributed by atoms with Gasteiger partial charge >= 0.3 is 0 Å². The summed E-state index contributed by atoms with van der Waals surface area (Å²) < 4.78 is 19.5. The van der Waals surface area contributed by atoms with Gasteiger partial charge in [-0.15, -0.1) is 0 Å². The van der Waals surface area contributed by atoms with Gasteiger partial charge in [-0.2, -0.15) is 0 Å². The van der Waals surface area contributed by atoms with Crippen LogP contribution in [-0.2, 0) is 6.54 Å². The van der Waals surface area contributed by atoms with E-state index in [1.54, 1.807) is 12.3 Å².